The number of hydrogen-bond acceptors (Lipinski definition) is 3. The van der Waals surface area contributed by atoms with Crippen molar-refractivity contribution in [2.45, 2.75) is 39.8 Å². The number of benzene rings is 3. The zero-order valence-corrected chi connectivity index (χ0v) is 19.2. The van der Waals surface area contributed by atoms with Crippen LogP contribution in [0, 0.1) is 6.92 Å². The molecule has 0 saturated carbocycles. The van der Waals surface area contributed by atoms with Gasteiger partial charge >= 0.3 is 0 Å². The molecule has 2 amide bonds. The third kappa shape index (κ3) is 5.14. The highest BCUT2D eigenvalue weighted by molar-refractivity contribution is 6.09. The van der Waals surface area contributed by atoms with Crippen molar-refractivity contribution in [1.29, 1.82) is 0 Å². The van der Waals surface area contributed by atoms with E-state index in [1.165, 1.54) is 5.56 Å². The number of nitrogens with one attached hydrogen (secondary N) is 1. The number of nitrogens with zero attached hydrogens (tertiary/aromatic N) is 1. The number of amides is 2. The van der Waals surface area contributed by atoms with Gasteiger partial charge in [-0.05, 0) is 61.7 Å². The number of aryl methyl sites for hydroxylation is 1. The quantitative estimate of drug-likeness (QED) is 0.516. The highest BCUT2D eigenvalue weighted by Crippen LogP contribution is 2.36. The fraction of sp³-hybridized carbons (Fsp3) is 0.214. The predicted octanol–water partition coefficient (Wildman–Crippen LogP) is 5.49. The Kier molecular flexibility index (Phi) is 6.59. The third-order valence-corrected chi connectivity index (χ3v) is 5.75. The average Bonchev–Trinajstić information content (AvgIpc) is 2.83. The lowest BCUT2D eigenvalue weighted by Gasteiger charge is -2.30. The highest BCUT2D eigenvalue weighted by Gasteiger charge is 2.30. The Bertz CT molecular complexity index is 1180. The molecule has 5 nitrogen and oxygen atoms in total. The molecule has 3 aromatic carbocycles. The van der Waals surface area contributed by atoms with Crippen LogP contribution in [0.2, 0.25) is 0 Å². The minimum Gasteiger partial charge on any atom is -0.449 e. The van der Waals surface area contributed by atoms with Gasteiger partial charge in [0.1, 0.15) is 0 Å². The summed E-state index contributed by atoms with van der Waals surface area (Å²) in [5.41, 5.74) is 4.33. The summed E-state index contributed by atoms with van der Waals surface area (Å²) in [4.78, 5) is 27.4. The molecule has 1 aliphatic heterocycles. The first-order chi connectivity index (χ1) is 15.9. The van der Waals surface area contributed by atoms with E-state index in [1.54, 1.807) is 23.1 Å². The van der Waals surface area contributed by atoms with Gasteiger partial charge in [-0.3, -0.25) is 14.5 Å². The van der Waals surface area contributed by atoms with E-state index in [0.29, 0.717) is 17.9 Å². The second-order valence-electron chi connectivity index (χ2n) is 8.36. The molecule has 3 aromatic rings. The average molecular weight is 441 g/mol. The van der Waals surface area contributed by atoms with Crippen LogP contribution in [0.3, 0.4) is 0 Å². The molecule has 1 heterocycles. The number of hydrogen-bond donors (Lipinski definition) is 1. The smallest absolute Gasteiger partial charge is 0.294 e. The molecule has 1 aliphatic rings. The van der Waals surface area contributed by atoms with Crippen LogP contribution in [0.5, 0.6) is 5.75 Å². The first kappa shape index (κ1) is 22.3. The van der Waals surface area contributed by atoms with Gasteiger partial charge in [0.2, 0.25) is 0 Å². The van der Waals surface area contributed by atoms with Gasteiger partial charge in [-0.25, -0.2) is 0 Å². The van der Waals surface area contributed by atoms with Gasteiger partial charge in [-0.1, -0.05) is 61.0 Å². The number of ether oxygens (including phenoxy) is 1. The van der Waals surface area contributed by atoms with Crippen molar-refractivity contribution in [3.63, 3.8) is 0 Å². The van der Waals surface area contributed by atoms with Gasteiger partial charge in [0.25, 0.3) is 11.8 Å². The van der Waals surface area contributed by atoms with Crippen LogP contribution in [-0.4, -0.2) is 17.9 Å². The Balaban J connectivity index is 1.59. The molecule has 0 saturated heterocycles. The van der Waals surface area contributed by atoms with E-state index < -0.39 is 0 Å². The number of anilines is 1. The lowest BCUT2D eigenvalue weighted by atomic mass is 10.1. The molecule has 1 atom stereocenters. The fourth-order valence-corrected chi connectivity index (χ4v) is 3.59. The van der Waals surface area contributed by atoms with Crippen molar-refractivity contribution >= 4 is 23.6 Å². The zero-order chi connectivity index (χ0) is 23.4. The maximum atomic E-state index is 13.4. The monoisotopic (exact) mass is 440 g/mol. The van der Waals surface area contributed by atoms with E-state index in [4.69, 9.17) is 4.74 Å². The van der Waals surface area contributed by atoms with Crippen LogP contribution in [0.15, 0.2) is 78.6 Å². The van der Waals surface area contributed by atoms with E-state index >= 15 is 0 Å². The Morgan fingerprint density at radius 1 is 1.03 bits per heavy atom. The summed E-state index contributed by atoms with van der Waals surface area (Å²) in [5, 5.41) is 2.96. The standard InChI is InChI=1S/C28H28N2O3/c1-4-20(3)29-27(31)23-15-13-21(14-16-23)17-26-28(32)30(18-22-11-9-19(2)10-12-22)24-7-5-6-8-25(24)33-26/h5-17,20H,4,18H2,1-3H3,(H,29,31)/b26-17+/t20-/m0/s1. The van der Waals surface area contributed by atoms with Crippen LogP contribution >= 0.6 is 0 Å². The van der Waals surface area contributed by atoms with Crippen molar-refractivity contribution in [3.05, 3.63) is 101 Å². The molecular weight excluding hydrogens is 412 g/mol. The van der Waals surface area contributed by atoms with Gasteiger partial charge in [0.15, 0.2) is 11.5 Å². The maximum absolute atomic E-state index is 13.4. The van der Waals surface area contributed by atoms with Crippen molar-refractivity contribution in [3.8, 4) is 5.75 Å². The second-order valence-corrected chi connectivity index (χ2v) is 8.36. The molecule has 0 bridgehead atoms. The molecule has 0 aromatic heterocycles. The van der Waals surface area contributed by atoms with E-state index in [2.05, 4.69) is 5.32 Å². The van der Waals surface area contributed by atoms with Crippen molar-refractivity contribution in [2.75, 3.05) is 4.90 Å². The predicted molar refractivity (Wildman–Crippen MR) is 131 cm³/mol. The summed E-state index contributed by atoms with van der Waals surface area (Å²) in [5.74, 6) is 0.581. The number of carbonyl (C=O) groups is 2. The van der Waals surface area contributed by atoms with E-state index in [1.807, 2.05) is 81.4 Å². The fourth-order valence-electron chi connectivity index (χ4n) is 3.59. The Morgan fingerprint density at radius 2 is 1.73 bits per heavy atom. The molecule has 33 heavy (non-hydrogen) atoms. The summed E-state index contributed by atoms with van der Waals surface area (Å²) in [6, 6.07) is 23.0. The normalized spacial score (nSPS) is 15.1. The zero-order valence-electron chi connectivity index (χ0n) is 19.2. The molecular formula is C28H28N2O3. The molecule has 0 spiro atoms. The topological polar surface area (TPSA) is 58.6 Å². The molecule has 0 fully saturated rings. The minimum absolute atomic E-state index is 0.105. The van der Waals surface area contributed by atoms with Crippen LogP contribution < -0.4 is 15.0 Å². The second kappa shape index (κ2) is 9.74. The number of rotatable bonds is 6. The largest absolute Gasteiger partial charge is 0.449 e. The van der Waals surface area contributed by atoms with E-state index in [0.717, 1.165) is 23.2 Å². The summed E-state index contributed by atoms with van der Waals surface area (Å²) in [6.07, 6.45) is 2.59. The number of fused-ring (bicyclic) bond motifs is 1. The Labute approximate surface area is 194 Å². The van der Waals surface area contributed by atoms with Crippen LogP contribution in [0.25, 0.3) is 6.08 Å². The molecule has 0 aliphatic carbocycles. The summed E-state index contributed by atoms with van der Waals surface area (Å²) in [6.45, 7) is 6.50. The minimum atomic E-state index is -0.201. The van der Waals surface area contributed by atoms with Crippen LogP contribution in [0.1, 0.15) is 47.3 Å². The van der Waals surface area contributed by atoms with Crippen molar-refractivity contribution in [2.24, 2.45) is 0 Å². The SMILES string of the molecule is CC[C@H](C)NC(=O)c1ccc(/C=C2/Oc3ccccc3N(Cc3ccc(C)cc3)C2=O)cc1. The lowest BCUT2D eigenvalue weighted by Crippen LogP contribution is -2.36. The summed E-state index contributed by atoms with van der Waals surface area (Å²) < 4.78 is 5.97. The van der Waals surface area contributed by atoms with Gasteiger partial charge < -0.3 is 10.1 Å². The van der Waals surface area contributed by atoms with E-state index in [9.17, 15) is 9.59 Å². The maximum Gasteiger partial charge on any atom is 0.294 e. The molecule has 0 radical (unpaired) electrons. The van der Waals surface area contributed by atoms with Gasteiger partial charge in [0.05, 0.1) is 12.2 Å². The van der Waals surface area contributed by atoms with Gasteiger partial charge in [-0.2, -0.15) is 0 Å². The highest BCUT2D eigenvalue weighted by atomic mass is 16.5. The number of carbonyl (C=O) groups excluding carboxylic acids is 2. The first-order valence-electron chi connectivity index (χ1n) is 11.2. The molecule has 0 unspecified atom stereocenters. The summed E-state index contributed by atoms with van der Waals surface area (Å²) >= 11 is 0. The molecule has 1 N–H and O–H groups in total. The number of para-hydroxylation sites is 2. The Hall–Kier alpha value is -3.86. The first-order valence-corrected chi connectivity index (χ1v) is 11.2. The van der Waals surface area contributed by atoms with Crippen molar-refractivity contribution in [1.82, 2.24) is 5.32 Å². The van der Waals surface area contributed by atoms with Gasteiger partial charge in [-0.15, -0.1) is 0 Å². The van der Waals surface area contributed by atoms with Gasteiger partial charge in [0, 0.05) is 11.6 Å². The van der Waals surface area contributed by atoms with Crippen LogP contribution in [0.4, 0.5) is 5.69 Å². The van der Waals surface area contributed by atoms with Crippen molar-refractivity contribution < 1.29 is 14.3 Å². The third-order valence-electron chi connectivity index (χ3n) is 5.75. The van der Waals surface area contributed by atoms with Crippen LogP contribution in [-0.2, 0) is 11.3 Å². The Morgan fingerprint density at radius 3 is 2.42 bits per heavy atom. The summed E-state index contributed by atoms with van der Waals surface area (Å²) in [7, 11) is 0. The molecule has 168 valence electrons. The lowest BCUT2D eigenvalue weighted by molar-refractivity contribution is -0.117. The van der Waals surface area contributed by atoms with E-state index in [-0.39, 0.29) is 23.6 Å². The molecule has 4 rings (SSSR count). The molecule has 5 heteroatoms.